The Balaban J connectivity index is 1.92. The quantitative estimate of drug-likeness (QED) is 0.891. The van der Waals surface area contributed by atoms with E-state index in [1.54, 1.807) is 36.7 Å². The summed E-state index contributed by atoms with van der Waals surface area (Å²) in [5.74, 6) is 0.447. The van der Waals surface area contributed by atoms with E-state index >= 15 is 0 Å². The monoisotopic (exact) mass is 304 g/mol. The minimum Gasteiger partial charge on any atom is -0.481 e. The number of carbonyl (C=O) groups excluding carboxylic acids is 1. The molecule has 1 aromatic heterocycles. The van der Waals surface area contributed by atoms with Crippen molar-refractivity contribution in [3.05, 3.63) is 59.4 Å². The molecule has 0 aliphatic carbocycles. The number of halogens is 1. The van der Waals surface area contributed by atoms with Crippen LogP contribution in [0.3, 0.4) is 0 Å². The highest BCUT2D eigenvalue weighted by Gasteiger charge is 2.18. The summed E-state index contributed by atoms with van der Waals surface area (Å²) in [5.41, 5.74) is 0.996. The lowest BCUT2D eigenvalue weighted by Crippen LogP contribution is -2.37. The van der Waals surface area contributed by atoms with Crippen LogP contribution in [0.1, 0.15) is 18.9 Å². The number of nitrogens with one attached hydrogen (secondary N) is 1. The molecule has 0 spiro atoms. The molecule has 0 saturated carbocycles. The van der Waals surface area contributed by atoms with Crippen LogP contribution in [-0.2, 0) is 11.3 Å². The zero-order chi connectivity index (χ0) is 15.1. The standard InChI is InChI=1S/C16H17ClN2O2/c1-2-15(21-14-5-3-4-13(17)10-14)16(20)19-11-12-6-8-18-9-7-12/h3-10,15H,2,11H2,1H3,(H,19,20)/t15-/m1/s1. The van der Waals surface area contributed by atoms with Gasteiger partial charge in [0.1, 0.15) is 5.75 Å². The number of rotatable bonds is 6. The molecule has 0 bridgehead atoms. The first-order valence-electron chi connectivity index (χ1n) is 6.78. The third kappa shape index (κ3) is 4.76. The highest BCUT2D eigenvalue weighted by molar-refractivity contribution is 6.30. The van der Waals surface area contributed by atoms with E-state index in [-0.39, 0.29) is 5.91 Å². The van der Waals surface area contributed by atoms with Gasteiger partial charge in [0.15, 0.2) is 6.10 Å². The predicted molar refractivity (Wildman–Crippen MR) is 82.2 cm³/mol. The second-order valence-electron chi connectivity index (χ2n) is 4.55. The zero-order valence-electron chi connectivity index (χ0n) is 11.8. The average Bonchev–Trinajstić information content (AvgIpc) is 2.51. The zero-order valence-corrected chi connectivity index (χ0v) is 12.5. The second-order valence-corrected chi connectivity index (χ2v) is 4.98. The van der Waals surface area contributed by atoms with E-state index in [0.29, 0.717) is 23.7 Å². The van der Waals surface area contributed by atoms with Crippen LogP contribution in [0, 0.1) is 0 Å². The summed E-state index contributed by atoms with van der Waals surface area (Å²) in [5, 5.41) is 3.44. The predicted octanol–water partition coefficient (Wildman–Crippen LogP) is 3.21. The number of amides is 1. The van der Waals surface area contributed by atoms with Gasteiger partial charge < -0.3 is 10.1 Å². The molecular weight excluding hydrogens is 288 g/mol. The van der Waals surface area contributed by atoms with Gasteiger partial charge in [0.25, 0.3) is 5.91 Å². The van der Waals surface area contributed by atoms with Gasteiger partial charge in [-0.05, 0) is 42.3 Å². The van der Waals surface area contributed by atoms with Crippen molar-refractivity contribution in [2.75, 3.05) is 0 Å². The number of nitrogens with zero attached hydrogens (tertiary/aromatic N) is 1. The van der Waals surface area contributed by atoms with Crippen LogP contribution < -0.4 is 10.1 Å². The smallest absolute Gasteiger partial charge is 0.261 e. The summed E-state index contributed by atoms with van der Waals surface area (Å²) in [7, 11) is 0. The fourth-order valence-corrected chi connectivity index (χ4v) is 2.01. The van der Waals surface area contributed by atoms with Crippen molar-refractivity contribution in [3.8, 4) is 5.75 Å². The molecule has 1 amide bonds. The number of carbonyl (C=O) groups is 1. The van der Waals surface area contributed by atoms with E-state index < -0.39 is 6.10 Å². The van der Waals surface area contributed by atoms with Crippen LogP contribution in [-0.4, -0.2) is 17.0 Å². The minimum atomic E-state index is -0.537. The van der Waals surface area contributed by atoms with Crippen LogP contribution in [0.5, 0.6) is 5.75 Å². The van der Waals surface area contributed by atoms with Gasteiger partial charge in [-0.1, -0.05) is 24.6 Å². The molecule has 0 aliphatic heterocycles. The van der Waals surface area contributed by atoms with Crippen LogP contribution in [0.4, 0.5) is 0 Å². The Hall–Kier alpha value is -2.07. The molecule has 0 saturated heterocycles. The first kappa shape index (κ1) is 15.3. The van der Waals surface area contributed by atoms with Crippen molar-refractivity contribution in [1.82, 2.24) is 10.3 Å². The SMILES string of the molecule is CC[C@@H](Oc1cccc(Cl)c1)C(=O)NCc1ccncc1. The summed E-state index contributed by atoms with van der Waals surface area (Å²) >= 11 is 5.91. The minimum absolute atomic E-state index is 0.144. The van der Waals surface area contributed by atoms with E-state index in [4.69, 9.17) is 16.3 Å². The van der Waals surface area contributed by atoms with Gasteiger partial charge >= 0.3 is 0 Å². The van der Waals surface area contributed by atoms with Gasteiger partial charge in [-0.2, -0.15) is 0 Å². The van der Waals surface area contributed by atoms with E-state index in [0.717, 1.165) is 5.56 Å². The molecule has 2 aromatic rings. The van der Waals surface area contributed by atoms with E-state index in [9.17, 15) is 4.79 Å². The molecule has 1 N–H and O–H groups in total. The molecular formula is C16H17ClN2O2. The number of pyridine rings is 1. The topological polar surface area (TPSA) is 51.2 Å². The molecule has 1 heterocycles. The number of hydrogen-bond acceptors (Lipinski definition) is 3. The Morgan fingerprint density at radius 3 is 2.76 bits per heavy atom. The van der Waals surface area contributed by atoms with Crippen molar-refractivity contribution in [1.29, 1.82) is 0 Å². The third-order valence-electron chi connectivity index (χ3n) is 2.95. The van der Waals surface area contributed by atoms with Gasteiger partial charge in [-0.3, -0.25) is 9.78 Å². The first-order chi connectivity index (χ1) is 10.2. The van der Waals surface area contributed by atoms with Crippen molar-refractivity contribution >= 4 is 17.5 Å². The molecule has 1 aromatic carbocycles. The van der Waals surface area contributed by atoms with Crippen molar-refractivity contribution < 1.29 is 9.53 Å². The highest BCUT2D eigenvalue weighted by Crippen LogP contribution is 2.19. The van der Waals surface area contributed by atoms with Crippen LogP contribution >= 0.6 is 11.6 Å². The largest absolute Gasteiger partial charge is 0.481 e. The normalized spacial score (nSPS) is 11.7. The average molecular weight is 305 g/mol. The summed E-state index contributed by atoms with van der Waals surface area (Å²) in [6, 6.07) is 10.8. The Labute approximate surface area is 129 Å². The van der Waals surface area contributed by atoms with Crippen LogP contribution in [0.25, 0.3) is 0 Å². The number of aromatic nitrogens is 1. The van der Waals surface area contributed by atoms with Gasteiger partial charge in [-0.15, -0.1) is 0 Å². The van der Waals surface area contributed by atoms with Crippen molar-refractivity contribution in [2.24, 2.45) is 0 Å². The van der Waals surface area contributed by atoms with Crippen molar-refractivity contribution in [2.45, 2.75) is 26.0 Å². The summed E-state index contributed by atoms with van der Waals surface area (Å²) in [6.07, 6.45) is 3.43. The summed E-state index contributed by atoms with van der Waals surface area (Å²) < 4.78 is 5.69. The van der Waals surface area contributed by atoms with Crippen molar-refractivity contribution in [3.63, 3.8) is 0 Å². The Morgan fingerprint density at radius 2 is 2.10 bits per heavy atom. The lowest BCUT2D eigenvalue weighted by atomic mass is 10.2. The molecule has 0 aliphatic rings. The van der Waals surface area contributed by atoms with Gasteiger partial charge in [0.2, 0.25) is 0 Å². The first-order valence-corrected chi connectivity index (χ1v) is 7.15. The highest BCUT2D eigenvalue weighted by atomic mass is 35.5. The van der Waals surface area contributed by atoms with E-state index in [1.807, 2.05) is 19.1 Å². The van der Waals surface area contributed by atoms with E-state index in [1.165, 1.54) is 0 Å². The van der Waals surface area contributed by atoms with Crippen LogP contribution in [0.15, 0.2) is 48.8 Å². The van der Waals surface area contributed by atoms with Gasteiger partial charge in [0, 0.05) is 24.0 Å². The molecule has 2 rings (SSSR count). The number of hydrogen-bond donors (Lipinski definition) is 1. The molecule has 0 unspecified atom stereocenters. The van der Waals surface area contributed by atoms with Gasteiger partial charge in [0.05, 0.1) is 0 Å². The number of benzene rings is 1. The summed E-state index contributed by atoms with van der Waals surface area (Å²) in [4.78, 5) is 16.1. The van der Waals surface area contributed by atoms with Crippen LogP contribution in [0.2, 0.25) is 5.02 Å². The fraction of sp³-hybridized carbons (Fsp3) is 0.250. The lowest BCUT2D eigenvalue weighted by Gasteiger charge is -2.17. The third-order valence-corrected chi connectivity index (χ3v) is 3.19. The molecule has 110 valence electrons. The lowest BCUT2D eigenvalue weighted by molar-refractivity contribution is -0.128. The summed E-state index contributed by atoms with van der Waals surface area (Å²) in [6.45, 7) is 2.36. The molecule has 1 atom stereocenters. The van der Waals surface area contributed by atoms with Gasteiger partial charge in [-0.25, -0.2) is 0 Å². The molecule has 0 fully saturated rings. The second kappa shape index (κ2) is 7.64. The fourth-order valence-electron chi connectivity index (χ4n) is 1.83. The molecule has 0 radical (unpaired) electrons. The Kier molecular flexibility index (Phi) is 5.58. The van der Waals surface area contributed by atoms with E-state index in [2.05, 4.69) is 10.3 Å². The Morgan fingerprint density at radius 1 is 1.33 bits per heavy atom. The maximum absolute atomic E-state index is 12.2. The maximum atomic E-state index is 12.2. The molecule has 21 heavy (non-hydrogen) atoms. The maximum Gasteiger partial charge on any atom is 0.261 e. The molecule has 4 nitrogen and oxygen atoms in total. The number of ether oxygens (including phenoxy) is 1. The Bertz CT molecular complexity index is 590. The molecule has 5 heteroatoms.